The molecule has 0 radical (unpaired) electrons. The first-order valence-corrected chi connectivity index (χ1v) is 19.4. The molecule has 3 nitrogen and oxygen atoms in total. The lowest BCUT2D eigenvalue weighted by Crippen LogP contribution is -2.12. The standard InChI is InChI=1S/C54H36N2O/c1-4-17-37(18-5-1)39-21-14-24-41(35-39)55(42-33-34-49-47(36-42)44-25-10-12-29-48(44)56(49)40-22-8-3-9-23-40)50-30-15-27-43(38-19-6-2-7-20-38)53(50)46-28-16-32-52-54(46)45-26-11-13-31-51(45)57-52/h1-36H. The van der Waals surface area contributed by atoms with Crippen molar-refractivity contribution in [1.29, 1.82) is 0 Å². The lowest BCUT2D eigenvalue weighted by atomic mass is 9.89. The number of hydrogen-bond acceptors (Lipinski definition) is 2. The Kier molecular flexibility index (Phi) is 7.82. The lowest BCUT2D eigenvalue weighted by molar-refractivity contribution is 0.669. The van der Waals surface area contributed by atoms with Crippen molar-refractivity contribution in [2.75, 3.05) is 4.90 Å². The van der Waals surface area contributed by atoms with Crippen LogP contribution in [0, 0.1) is 0 Å². The maximum atomic E-state index is 6.51. The number of rotatable bonds is 7. The summed E-state index contributed by atoms with van der Waals surface area (Å²) in [4.78, 5) is 2.45. The van der Waals surface area contributed by atoms with E-state index in [1.807, 2.05) is 6.07 Å². The molecule has 0 aliphatic heterocycles. The Labute approximate surface area is 330 Å². The second-order valence-corrected chi connectivity index (χ2v) is 14.5. The number of fused-ring (bicyclic) bond motifs is 6. The normalized spacial score (nSPS) is 11.5. The van der Waals surface area contributed by atoms with Crippen LogP contribution in [0.2, 0.25) is 0 Å². The summed E-state index contributed by atoms with van der Waals surface area (Å²) in [7, 11) is 0. The van der Waals surface area contributed by atoms with Gasteiger partial charge in [-0.2, -0.15) is 0 Å². The molecule has 9 aromatic carbocycles. The summed E-state index contributed by atoms with van der Waals surface area (Å²) >= 11 is 0. The number of para-hydroxylation sites is 3. The van der Waals surface area contributed by atoms with Crippen LogP contribution in [0.15, 0.2) is 223 Å². The molecule has 57 heavy (non-hydrogen) atoms. The number of benzene rings is 9. The Balaban J connectivity index is 1.24. The molecule has 0 bridgehead atoms. The van der Waals surface area contributed by atoms with Gasteiger partial charge in [0.05, 0.1) is 16.7 Å². The molecule has 11 aromatic rings. The molecule has 0 spiro atoms. The minimum absolute atomic E-state index is 0.871. The SMILES string of the molecule is c1ccc(-c2cccc(N(c3ccc4c(c3)c3ccccc3n4-c3ccccc3)c3cccc(-c4ccccc4)c3-c3cccc4oc5ccccc5c34)c2)cc1. The highest BCUT2D eigenvalue weighted by Gasteiger charge is 2.25. The van der Waals surface area contributed by atoms with Gasteiger partial charge in [-0.15, -0.1) is 0 Å². The maximum absolute atomic E-state index is 6.51. The van der Waals surface area contributed by atoms with Crippen LogP contribution < -0.4 is 4.90 Å². The molecule has 268 valence electrons. The fourth-order valence-corrected chi connectivity index (χ4v) is 8.69. The van der Waals surface area contributed by atoms with Gasteiger partial charge in [0.15, 0.2) is 0 Å². The van der Waals surface area contributed by atoms with Gasteiger partial charge in [-0.05, 0) is 94.5 Å². The maximum Gasteiger partial charge on any atom is 0.136 e. The van der Waals surface area contributed by atoms with Crippen molar-refractivity contribution < 1.29 is 4.42 Å². The Morgan fingerprint density at radius 2 is 0.965 bits per heavy atom. The Morgan fingerprint density at radius 3 is 1.79 bits per heavy atom. The number of nitrogens with zero attached hydrogens (tertiary/aromatic N) is 2. The van der Waals surface area contributed by atoms with Gasteiger partial charge in [0, 0.05) is 44.2 Å². The van der Waals surface area contributed by atoms with E-state index in [2.05, 4.69) is 222 Å². The van der Waals surface area contributed by atoms with E-state index in [-0.39, 0.29) is 0 Å². The van der Waals surface area contributed by atoms with E-state index in [1.54, 1.807) is 0 Å². The van der Waals surface area contributed by atoms with E-state index in [4.69, 9.17) is 4.42 Å². The summed E-state index contributed by atoms with van der Waals surface area (Å²) in [5.74, 6) is 0. The summed E-state index contributed by atoms with van der Waals surface area (Å²) in [5.41, 5.74) is 15.3. The quantitative estimate of drug-likeness (QED) is 0.163. The van der Waals surface area contributed by atoms with Crippen molar-refractivity contribution in [2.24, 2.45) is 0 Å². The van der Waals surface area contributed by atoms with E-state index in [0.717, 1.165) is 78.0 Å². The molecule has 0 atom stereocenters. The Bertz CT molecular complexity index is 3230. The smallest absolute Gasteiger partial charge is 0.136 e. The summed E-state index contributed by atoms with van der Waals surface area (Å²) < 4.78 is 8.88. The van der Waals surface area contributed by atoms with Crippen molar-refractivity contribution in [3.8, 4) is 39.1 Å². The minimum Gasteiger partial charge on any atom is -0.456 e. The zero-order valence-corrected chi connectivity index (χ0v) is 31.1. The molecule has 3 heteroatoms. The minimum atomic E-state index is 0.871. The largest absolute Gasteiger partial charge is 0.456 e. The van der Waals surface area contributed by atoms with E-state index < -0.39 is 0 Å². The first kappa shape index (κ1) is 32.8. The monoisotopic (exact) mass is 728 g/mol. The topological polar surface area (TPSA) is 21.3 Å². The molecule has 0 aliphatic carbocycles. The molecule has 0 amide bonds. The third kappa shape index (κ3) is 5.51. The summed E-state index contributed by atoms with van der Waals surface area (Å²) in [5, 5.41) is 4.62. The van der Waals surface area contributed by atoms with Crippen LogP contribution in [-0.2, 0) is 0 Å². The van der Waals surface area contributed by atoms with Gasteiger partial charge in [-0.1, -0.05) is 152 Å². The van der Waals surface area contributed by atoms with Crippen LogP contribution in [-0.4, -0.2) is 4.57 Å². The van der Waals surface area contributed by atoms with Crippen molar-refractivity contribution >= 4 is 60.8 Å². The second-order valence-electron chi connectivity index (χ2n) is 14.5. The fourth-order valence-electron chi connectivity index (χ4n) is 8.69. The molecule has 2 aromatic heterocycles. The molecular weight excluding hydrogens is 693 g/mol. The van der Waals surface area contributed by atoms with Gasteiger partial charge >= 0.3 is 0 Å². The van der Waals surface area contributed by atoms with Gasteiger partial charge in [-0.25, -0.2) is 0 Å². The van der Waals surface area contributed by atoms with Gasteiger partial charge < -0.3 is 13.9 Å². The van der Waals surface area contributed by atoms with Crippen molar-refractivity contribution in [1.82, 2.24) is 4.57 Å². The van der Waals surface area contributed by atoms with Gasteiger partial charge in [0.25, 0.3) is 0 Å². The number of aromatic nitrogens is 1. The van der Waals surface area contributed by atoms with Crippen LogP contribution in [0.25, 0.3) is 82.8 Å². The van der Waals surface area contributed by atoms with Crippen LogP contribution in [0.3, 0.4) is 0 Å². The van der Waals surface area contributed by atoms with E-state index in [0.29, 0.717) is 0 Å². The Hall–Kier alpha value is -7.62. The third-order valence-electron chi connectivity index (χ3n) is 11.2. The molecule has 0 unspecified atom stereocenters. The lowest BCUT2D eigenvalue weighted by Gasteiger charge is -2.30. The zero-order valence-electron chi connectivity index (χ0n) is 31.1. The highest BCUT2D eigenvalue weighted by Crippen LogP contribution is 2.49. The predicted molar refractivity (Wildman–Crippen MR) is 239 cm³/mol. The summed E-state index contributed by atoms with van der Waals surface area (Å²) in [6.07, 6.45) is 0. The molecule has 2 heterocycles. The van der Waals surface area contributed by atoms with Crippen LogP contribution >= 0.6 is 0 Å². The summed E-state index contributed by atoms with van der Waals surface area (Å²) in [6.45, 7) is 0. The molecule has 0 N–H and O–H groups in total. The number of furan rings is 1. The van der Waals surface area contributed by atoms with Crippen LogP contribution in [0.1, 0.15) is 0 Å². The van der Waals surface area contributed by atoms with Gasteiger partial charge in [-0.3, -0.25) is 0 Å². The van der Waals surface area contributed by atoms with E-state index in [9.17, 15) is 0 Å². The second kappa shape index (κ2) is 13.6. The fraction of sp³-hybridized carbons (Fsp3) is 0. The van der Waals surface area contributed by atoms with Crippen LogP contribution in [0.5, 0.6) is 0 Å². The highest BCUT2D eigenvalue weighted by atomic mass is 16.3. The van der Waals surface area contributed by atoms with E-state index >= 15 is 0 Å². The van der Waals surface area contributed by atoms with Crippen molar-refractivity contribution in [3.63, 3.8) is 0 Å². The van der Waals surface area contributed by atoms with Gasteiger partial charge in [0.1, 0.15) is 11.2 Å². The van der Waals surface area contributed by atoms with Gasteiger partial charge in [0.2, 0.25) is 0 Å². The number of hydrogen-bond donors (Lipinski definition) is 0. The van der Waals surface area contributed by atoms with Crippen molar-refractivity contribution in [2.45, 2.75) is 0 Å². The molecule has 0 saturated heterocycles. The Morgan fingerprint density at radius 1 is 0.368 bits per heavy atom. The molecule has 0 saturated carbocycles. The first-order valence-electron chi connectivity index (χ1n) is 19.4. The molecule has 11 rings (SSSR count). The van der Waals surface area contributed by atoms with E-state index in [1.165, 1.54) is 21.9 Å². The number of anilines is 3. The predicted octanol–water partition coefficient (Wildman–Crippen LogP) is 15.2. The third-order valence-corrected chi connectivity index (χ3v) is 11.2. The average Bonchev–Trinajstić information content (AvgIpc) is 3.83. The molecular formula is C54H36N2O. The first-order chi connectivity index (χ1) is 28.3. The summed E-state index contributed by atoms with van der Waals surface area (Å²) in [6, 6.07) is 78.2. The average molecular weight is 729 g/mol. The molecule has 0 aliphatic rings. The van der Waals surface area contributed by atoms with Crippen LogP contribution in [0.4, 0.5) is 17.1 Å². The molecule has 0 fully saturated rings. The van der Waals surface area contributed by atoms with Crippen molar-refractivity contribution in [3.05, 3.63) is 218 Å². The zero-order chi connectivity index (χ0) is 37.7. The highest BCUT2D eigenvalue weighted by molar-refractivity contribution is 6.16.